The molecule has 138 valence electrons. The third-order valence-electron chi connectivity index (χ3n) is 3.40. The van der Waals surface area contributed by atoms with Gasteiger partial charge in [-0.05, 0) is 40.5 Å². The second kappa shape index (κ2) is 9.34. The molecule has 0 aliphatic carbocycles. The van der Waals surface area contributed by atoms with E-state index in [1.54, 1.807) is 32.6 Å². The molecule has 1 saturated heterocycles. The van der Waals surface area contributed by atoms with E-state index in [1.165, 1.54) is 0 Å². The Morgan fingerprint density at radius 1 is 1.17 bits per heavy atom. The van der Waals surface area contributed by atoms with E-state index in [0.717, 1.165) is 12.8 Å². The highest BCUT2D eigenvalue weighted by atomic mass is 16.6. The van der Waals surface area contributed by atoms with Crippen molar-refractivity contribution >= 4 is 18.1 Å². The monoisotopic (exact) mass is 343 g/mol. The fraction of sp³-hybridized carbons (Fsp3) is 0.812. The van der Waals surface area contributed by atoms with E-state index in [0.29, 0.717) is 26.2 Å². The molecular formula is C16H29N3O5. The van der Waals surface area contributed by atoms with Crippen molar-refractivity contribution in [2.45, 2.75) is 46.1 Å². The number of urea groups is 1. The topological polar surface area (TPSA) is 97.0 Å². The van der Waals surface area contributed by atoms with Gasteiger partial charge in [-0.1, -0.05) is 0 Å². The number of rotatable bonds is 5. The highest BCUT2D eigenvalue weighted by molar-refractivity contribution is 5.77. The number of nitrogens with zero attached hydrogens (tertiary/aromatic N) is 1. The standard InChI is InChI=1S/C16H29N3O5/c1-5-23-13(20)12-7-6-10-19(11-12)14(21)17-8-9-18-15(22)24-16(2,3)4/h12H,5-11H2,1-4H3,(H,17,21)(H,18,22). The first-order valence-corrected chi connectivity index (χ1v) is 8.39. The van der Waals surface area contributed by atoms with Crippen LogP contribution in [0, 0.1) is 5.92 Å². The van der Waals surface area contributed by atoms with Crippen molar-refractivity contribution < 1.29 is 23.9 Å². The number of hydrogen-bond donors (Lipinski definition) is 2. The molecule has 1 fully saturated rings. The molecule has 3 amide bonds. The number of nitrogens with one attached hydrogen (secondary N) is 2. The predicted molar refractivity (Wildman–Crippen MR) is 88.6 cm³/mol. The maximum atomic E-state index is 12.1. The average Bonchev–Trinajstić information content (AvgIpc) is 2.50. The summed E-state index contributed by atoms with van der Waals surface area (Å²) in [5.41, 5.74) is -0.552. The second-order valence-corrected chi connectivity index (χ2v) is 6.70. The van der Waals surface area contributed by atoms with Crippen LogP contribution in [0.4, 0.5) is 9.59 Å². The molecule has 1 heterocycles. The van der Waals surface area contributed by atoms with Crippen molar-refractivity contribution in [1.29, 1.82) is 0 Å². The molecule has 24 heavy (non-hydrogen) atoms. The third-order valence-corrected chi connectivity index (χ3v) is 3.40. The molecule has 0 aromatic carbocycles. The summed E-state index contributed by atoms with van der Waals surface area (Å²) in [6, 6.07) is -0.241. The molecule has 1 unspecified atom stereocenters. The van der Waals surface area contributed by atoms with Crippen LogP contribution in [-0.2, 0) is 14.3 Å². The number of likely N-dealkylation sites (tertiary alicyclic amines) is 1. The van der Waals surface area contributed by atoms with Crippen molar-refractivity contribution in [3.05, 3.63) is 0 Å². The van der Waals surface area contributed by atoms with Crippen LogP contribution in [0.3, 0.4) is 0 Å². The number of alkyl carbamates (subject to hydrolysis) is 1. The maximum Gasteiger partial charge on any atom is 0.407 e. The van der Waals surface area contributed by atoms with Gasteiger partial charge in [-0.2, -0.15) is 0 Å². The summed E-state index contributed by atoms with van der Waals surface area (Å²) in [5, 5.41) is 5.30. The Morgan fingerprint density at radius 3 is 2.46 bits per heavy atom. The van der Waals surface area contributed by atoms with Gasteiger partial charge in [0.05, 0.1) is 12.5 Å². The van der Waals surface area contributed by atoms with Crippen molar-refractivity contribution in [2.75, 3.05) is 32.8 Å². The average molecular weight is 343 g/mol. The van der Waals surface area contributed by atoms with Crippen LogP contribution < -0.4 is 10.6 Å². The summed E-state index contributed by atoms with van der Waals surface area (Å²) >= 11 is 0. The first-order chi connectivity index (χ1) is 11.2. The van der Waals surface area contributed by atoms with E-state index in [4.69, 9.17) is 9.47 Å². The van der Waals surface area contributed by atoms with Crippen molar-refractivity contribution in [3.8, 4) is 0 Å². The van der Waals surface area contributed by atoms with Crippen molar-refractivity contribution in [3.63, 3.8) is 0 Å². The minimum Gasteiger partial charge on any atom is -0.466 e. The Bertz CT molecular complexity index is 447. The minimum absolute atomic E-state index is 0.241. The van der Waals surface area contributed by atoms with E-state index in [2.05, 4.69) is 10.6 Å². The van der Waals surface area contributed by atoms with E-state index >= 15 is 0 Å². The Morgan fingerprint density at radius 2 is 1.83 bits per heavy atom. The SMILES string of the molecule is CCOC(=O)C1CCCN(C(=O)NCCNC(=O)OC(C)(C)C)C1. The van der Waals surface area contributed by atoms with Gasteiger partial charge in [-0.15, -0.1) is 0 Å². The van der Waals surface area contributed by atoms with Gasteiger partial charge in [0.2, 0.25) is 0 Å². The molecule has 0 spiro atoms. The maximum absolute atomic E-state index is 12.1. The number of esters is 1. The van der Waals surface area contributed by atoms with E-state index in [9.17, 15) is 14.4 Å². The summed E-state index contributed by atoms with van der Waals surface area (Å²) in [6.45, 7) is 9.00. The predicted octanol–water partition coefficient (Wildman–Crippen LogP) is 1.50. The summed E-state index contributed by atoms with van der Waals surface area (Å²) in [6.07, 6.45) is 0.993. The molecule has 0 aromatic rings. The molecule has 1 rings (SSSR count). The van der Waals surface area contributed by atoms with E-state index < -0.39 is 11.7 Å². The zero-order valence-corrected chi connectivity index (χ0v) is 15.0. The Labute approximate surface area is 143 Å². The molecule has 1 aliphatic rings. The van der Waals surface area contributed by atoms with Gasteiger partial charge in [0.25, 0.3) is 0 Å². The summed E-state index contributed by atoms with van der Waals surface area (Å²) in [5.74, 6) is -0.508. The smallest absolute Gasteiger partial charge is 0.407 e. The Kier molecular flexibility index (Phi) is 7.81. The first kappa shape index (κ1) is 20.1. The summed E-state index contributed by atoms with van der Waals surface area (Å²) < 4.78 is 10.1. The molecule has 0 aromatic heterocycles. The molecular weight excluding hydrogens is 314 g/mol. The molecule has 0 radical (unpaired) electrons. The molecule has 1 aliphatic heterocycles. The van der Waals surface area contributed by atoms with Crippen LogP contribution in [0.1, 0.15) is 40.5 Å². The lowest BCUT2D eigenvalue weighted by molar-refractivity contribution is -0.149. The van der Waals surface area contributed by atoms with Crippen LogP contribution in [0.25, 0.3) is 0 Å². The van der Waals surface area contributed by atoms with Gasteiger partial charge >= 0.3 is 18.1 Å². The number of ether oxygens (including phenoxy) is 2. The summed E-state index contributed by atoms with van der Waals surface area (Å²) in [4.78, 5) is 37.0. The van der Waals surface area contributed by atoms with Crippen LogP contribution in [0.15, 0.2) is 0 Å². The molecule has 0 saturated carbocycles. The molecule has 0 bridgehead atoms. The zero-order valence-electron chi connectivity index (χ0n) is 15.0. The normalized spacial score (nSPS) is 17.8. The molecule has 8 heteroatoms. The van der Waals surface area contributed by atoms with Gasteiger partial charge in [0.1, 0.15) is 5.60 Å². The number of carbonyl (C=O) groups is 3. The number of piperidine rings is 1. The van der Waals surface area contributed by atoms with Crippen LogP contribution in [-0.4, -0.2) is 61.4 Å². The summed E-state index contributed by atoms with van der Waals surface area (Å²) in [7, 11) is 0. The van der Waals surface area contributed by atoms with Gasteiger partial charge < -0.3 is 25.0 Å². The van der Waals surface area contributed by atoms with Crippen LogP contribution >= 0.6 is 0 Å². The molecule has 1 atom stereocenters. The van der Waals surface area contributed by atoms with Gasteiger partial charge in [0, 0.05) is 26.2 Å². The highest BCUT2D eigenvalue weighted by Gasteiger charge is 2.29. The largest absolute Gasteiger partial charge is 0.466 e. The van der Waals surface area contributed by atoms with Gasteiger partial charge in [-0.3, -0.25) is 4.79 Å². The first-order valence-electron chi connectivity index (χ1n) is 8.39. The number of amides is 3. The lowest BCUT2D eigenvalue weighted by atomic mass is 9.98. The lowest BCUT2D eigenvalue weighted by Crippen LogP contribution is -2.48. The Balaban J connectivity index is 2.27. The molecule has 2 N–H and O–H groups in total. The number of hydrogen-bond acceptors (Lipinski definition) is 5. The quantitative estimate of drug-likeness (QED) is 0.582. The van der Waals surface area contributed by atoms with Crippen LogP contribution in [0.2, 0.25) is 0 Å². The molecule has 8 nitrogen and oxygen atoms in total. The lowest BCUT2D eigenvalue weighted by Gasteiger charge is -2.31. The van der Waals surface area contributed by atoms with Crippen molar-refractivity contribution in [2.24, 2.45) is 5.92 Å². The van der Waals surface area contributed by atoms with Gasteiger partial charge in [0.15, 0.2) is 0 Å². The second-order valence-electron chi connectivity index (χ2n) is 6.70. The van der Waals surface area contributed by atoms with Crippen molar-refractivity contribution in [1.82, 2.24) is 15.5 Å². The van der Waals surface area contributed by atoms with Crippen LogP contribution in [0.5, 0.6) is 0 Å². The third kappa shape index (κ3) is 7.52. The Hall–Kier alpha value is -1.99. The van der Waals surface area contributed by atoms with E-state index in [-0.39, 0.29) is 24.5 Å². The minimum atomic E-state index is -0.552. The van der Waals surface area contributed by atoms with Gasteiger partial charge in [-0.25, -0.2) is 9.59 Å². The highest BCUT2D eigenvalue weighted by Crippen LogP contribution is 2.17. The fourth-order valence-electron chi connectivity index (χ4n) is 2.37. The van der Waals surface area contributed by atoms with E-state index in [1.807, 2.05) is 0 Å². The fourth-order valence-corrected chi connectivity index (χ4v) is 2.37. The number of carbonyl (C=O) groups excluding carboxylic acids is 3. The zero-order chi connectivity index (χ0) is 18.2.